The predicted octanol–water partition coefficient (Wildman–Crippen LogP) is 13.6. The van der Waals surface area contributed by atoms with E-state index < -0.39 is 0 Å². The molecule has 0 saturated heterocycles. The lowest BCUT2D eigenvalue weighted by Gasteiger charge is -2.34. The van der Waals surface area contributed by atoms with Crippen LogP contribution in [0.25, 0.3) is 73.6 Å². The van der Waals surface area contributed by atoms with Crippen LogP contribution >= 0.6 is 0 Å². The molecular formula is C57H42N6O. The Morgan fingerprint density at radius 2 is 0.875 bits per heavy atom. The van der Waals surface area contributed by atoms with Crippen LogP contribution in [0.4, 0.5) is 0 Å². The van der Waals surface area contributed by atoms with E-state index in [2.05, 4.69) is 98.8 Å². The van der Waals surface area contributed by atoms with Gasteiger partial charge in [-0.2, -0.15) is 0 Å². The molecule has 7 aromatic carbocycles. The minimum absolute atomic E-state index is 0.211. The second-order valence-electron chi connectivity index (χ2n) is 16.7. The summed E-state index contributed by atoms with van der Waals surface area (Å²) in [6.45, 7) is 4.48. The van der Waals surface area contributed by atoms with Gasteiger partial charge in [0, 0.05) is 55.9 Å². The van der Waals surface area contributed by atoms with Crippen molar-refractivity contribution < 1.29 is 4.74 Å². The first kappa shape index (κ1) is 38.7. The summed E-state index contributed by atoms with van der Waals surface area (Å²) in [6.07, 6.45) is 7.49. The van der Waals surface area contributed by atoms with Crippen molar-refractivity contribution in [3.8, 4) is 79.6 Å². The molecule has 3 heterocycles. The molecule has 0 spiro atoms. The fourth-order valence-corrected chi connectivity index (χ4v) is 8.66. The number of allylic oxidation sites excluding steroid dienone is 4. The van der Waals surface area contributed by atoms with Gasteiger partial charge < -0.3 is 4.74 Å². The maximum Gasteiger partial charge on any atom is 0.164 e. The lowest BCUT2D eigenvalue weighted by molar-refractivity contribution is 0.418. The number of benzene rings is 7. The van der Waals surface area contributed by atoms with E-state index in [4.69, 9.17) is 34.6 Å². The van der Waals surface area contributed by atoms with Crippen molar-refractivity contribution in [2.24, 2.45) is 0 Å². The van der Waals surface area contributed by atoms with Crippen molar-refractivity contribution in [2.75, 3.05) is 0 Å². The zero-order valence-corrected chi connectivity index (χ0v) is 35.4. The molecule has 1 atom stereocenters. The molecule has 0 N–H and O–H groups in total. The number of fused-ring (bicyclic) bond motifs is 2. The second-order valence-corrected chi connectivity index (χ2v) is 16.7. The Labute approximate surface area is 372 Å². The van der Waals surface area contributed by atoms with Crippen LogP contribution < -0.4 is 4.74 Å². The smallest absolute Gasteiger partial charge is 0.164 e. The average Bonchev–Trinajstić information content (AvgIpc) is 3.37. The van der Waals surface area contributed by atoms with E-state index in [-0.39, 0.29) is 11.3 Å². The van der Waals surface area contributed by atoms with Crippen LogP contribution in [-0.2, 0) is 5.41 Å². The van der Waals surface area contributed by atoms with Gasteiger partial charge in [0.15, 0.2) is 34.9 Å². The number of rotatable bonds is 8. The monoisotopic (exact) mass is 826 g/mol. The average molecular weight is 827 g/mol. The molecule has 0 bridgehead atoms. The van der Waals surface area contributed by atoms with E-state index in [1.54, 1.807) is 0 Å². The summed E-state index contributed by atoms with van der Waals surface area (Å²) in [7, 11) is 0. The Hall–Kier alpha value is -8.16. The van der Waals surface area contributed by atoms with Crippen LogP contribution in [-0.4, -0.2) is 29.9 Å². The summed E-state index contributed by atoms with van der Waals surface area (Å²) in [5.74, 6) is 5.79. The summed E-state index contributed by atoms with van der Waals surface area (Å²) in [5, 5.41) is 0. The molecule has 64 heavy (non-hydrogen) atoms. The van der Waals surface area contributed by atoms with Crippen molar-refractivity contribution in [1.29, 1.82) is 0 Å². The Kier molecular flexibility index (Phi) is 9.85. The highest BCUT2D eigenvalue weighted by atomic mass is 16.5. The largest absolute Gasteiger partial charge is 0.457 e. The maximum absolute atomic E-state index is 6.37. The molecule has 2 aliphatic rings. The first-order valence-corrected chi connectivity index (χ1v) is 21.6. The highest BCUT2D eigenvalue weighted by molar-refractivity contribution is 5.76. The number of aromatic nitrogens is 6. The molecule has 1 unspecified atom stereocenters. The number of nitrogens with zero attached hydrogens (tertiary/aromatic N) is 6. The molecule has 2 aromatic heterocycles. The van der Waals surface area contributed by atoms with Gasteiger partial charge in [0.1, 0.15) is 11.5 Å². The zero-order chi connectivity index (χ0) is 43.0. The molecule has 0 fully saturated rings. The molecule has 0 saturated carbocycles. The van der Waals surface area contributed by atoms with Crippen LogP contribution in [0.3, 0.4) is 0 Å². The van der Waals surface area contributed by atoms with E-state index in [0.29, 0.717) is 34.9 Å². The van der Waals surface area contributed by atoms with Crippen molar-refractivity contribution in [2.45, 2.75) is 31.6 Å². The molecule has 11 rings (SSSR count). The Morgan fingerprint density at radius 1 is 0.406 bits per heavy atom. The predicted molar refractivity (Wildman–Crippen MR) is 255 cm³/mol. The Balaban J connectivity index is 0.860. The summed E-state index contributed by atoms with van der Waals surface area (Å²) in [5.41, 5.74) is 11.1. The van der Waals surface area contributed by atoms with Crippen molar-refractivity contribution in [3.05, 3.63) is 223 Å². The number of ether oxygens (including phenoxy) is 1. The van der Waals surface area contributed by atoms with Gasteiger partial charge in [-0.3, -0.25) is 0 Å². The molecule has 1 aliphatic heterocycles. The quantitative estimate of drug-likeness (QED) is 0.151. The van der Waals surface area contributed by atoms with E-state index in [1.165, 1.54) is 5.56 Å². The summed E-state index contributed by atoms with van der Waals surface area (Å²) in [6, 6.07) is 62.1. The lowest BCUT2D eigenvalue weighted by atomic mass is 9.75. The third-order valence-electron chi connectivity index (χ3n) is 12.2. The molecule has 306 valence electrons. The first-order valence-electron chi connectivity index (χ1n) is 21.6. The number of hydrogen-bond acceptors (Lipinski definition) is 7. The fraction of sp³-hybridized carbons (Fsp3) is 0.0877. The third kappa shape index (κ3) is 7.47. The van der Waals surface area contributed by atoms with E-state index >= 15 is 0 Å². The van der Waals surface area contributed by atoms with E-state index in [1.807, 2.05) is 115 Å². The summed E-state index contributed by atoms with van der Waals surface area (Å²) >= 11 is 0. The Morgan fingerprint density at radius 3 is 1.45 bits per heavy atom. The van der Waals surface area contributed by atoms with Crippen LogP contribution in [0, 0.1) is 0 Å². The molecule has 7 heteroatoms. The maximum atomic E-state index is 6.37. The van der Waals surface area contributed by atoms with Gasteiger partial charge >= 0.3 is 0 Å². The first-order chi connectivity index (χ1) is 31.4. The lowest BCUT2D eigenvalue weighted by Crippen LogP contribution is -2.24. The van der Waals surface area contributed by atoms with E-state index in [9.17, 15) is 0 Å². The number of hydrogen-bond donors (Lipinski definition) is 0. The molecule has 7 nitrogen and oxygen atoms in total. The molecule has 9 aromatic rings. The van der Waals surface area contributed by atoms with Gasteiger partial charge in [-0.05, 0) is 53.4 Å². The highest BCUT2D eigenvalue weighted by Crippen LogP contribution is 2.48. The van der Waals surface area contributed by atoms with Gasteiger partial charge in [0.25, 0.3) is 0 Å². The van der Waals surface area contributed by atoms with Crippen LogP contribution in [0.1, 0.15) is 48.7 Å². The van der Waals surface area contributed by atoms with Crippen molar-refractivity contribution >= 4 is 5.57 Å². The summed E-state index contributed by atoms with van der Waals surface area (Å²) < 4.78 is 6.37. The minimum Gasteiger partial charge on any atom is -0.457 e. The van der Waals surface area contributed by atoms with Gasteiger partial charge in [0.05, 0.1) is 0 Å². The molecule has 0 radical (unpaired) electrons. The standard InChI is InChI=1S/C57H42N6O/c1-57(2)47-23-12-13-24-49(47)64-50-34-33-46(36-48(50)57)56-62-53(42-19-10-5-11-20-42)59-54(63-56)43-31-29-38(30-32-43)37-25-27-39(28-26-37)44-21-14-22-45(35-44)55-60-51(40-15-6-3-7-16-40)58-52(61-55)41-17-8-4-9-18-41/h3-29,31-36,38H,30H2,1-2H3. The van der Waals surface area contributed by atoms with Crippen LogP contribution in [0.2, 0.25) is 0 Å². The van der Waals surface area contributed by atoms with Gasteiger partial charge in [-0.1, -0.05) is 184 Å². The SMILES string of the molecule is CC1(C)c2ccccc2Oc2ccc(-c3nc(C4=CCC(c5ccc(-c6cccc(-c7nc(-c8ccccc8)nc(-c8ccccc8)n7)c6)cc5)C=C4)nc(-c4ccccc4)n3)cc21. The topological polar surface area (TPSA) is 86.6 Å². The zero-order valence-electron chi connectivity index (χ0n) is 35.4. The van der Waals surface area contributed by atoms with Gasteiger partial charge in [-0.25, -0.2) is 29.9 Å². The molecule has 0 amide bonds. The minimum atomic E-state index is -0.264. The van der Waals surface area contributed by atoms with Crippen LogP contribution in [0.15, 0.2) is 200 Å². The van der Waals surface area contributed by atoms with Gasteiger partial charge in [-0.15, -0.1) is 0 Å². The van der Waals surface area contributed by atoms with Crippen LogP contribution in [0.5, 0.6) is 11.5 Å². The second kappa shape index (κ2) is 16.3. The summed E-state index contributed by atoms with van der Waals surface area (Å²) in [4.78, 5) is 30.0. The van der Waals surface area contributed by atoms with Crippen molar-refractivity contribution in [3.63, 3.8) is 0 Å². The Bertz CT molecular complexity index is 3180. The van der Waals surface area contributed by atoms with Crippen molar-refractivity contribution in [1.82, 2.24) is 29.9 Å². The molecule has 1 aliphatic carbocycles. The fourth-order valence-electron chi connectivity index (χ4n) is 8.66. The number of para-hydroxylation sites is 1. The molecular weight excluding hydrogens is 785 g/mol. The highest BCUT2D eigenvalue weighted by Gasteiger charge is 2.34. The normalized spacial score (nSPS) is 14.8. The van der Waals surface area contributed by atoms with Gasteiger partial charge in [0.2, 0.25) is 0 Å². The van der Waals surface area contributed by atoms with E-state index in [0.717, 1.165) is 73.6 Å². The third-order valence-corrected chi connectivity index (χ3v) is 12.2.